The van der Waals surface area contributed by atoms with Crippen molar-refractivity contribution in [1.29, 1.82) is 0 Å². The van der Waals surface area contributed by atoms with Crippen LogP contribution in [0.25, 0.3) is 0 Å². The summed E-state index contributed by atoms with van der Waals surface area (Å²) in [5, 5.41) is 0. The fourth-order valence-corrected chi connectivity index (χ4v) is 1.10. The standard InChI is InChI=1S/C8H16N2.ClH.In.3H/c1-3-4-5-10-7-6-9(2)8-10;;;;;/h6-7H,3-5,8H2,1-2H3;1H;;;;. The fraction of sp³-hybridized carbons (Fsp3) is 0.750. The van der Waals surface area contributed by atoms with Crippen LogP contribution >= 0.6 is 12.4 Å². The predicted molar refractivity (Wildman–Crippen MR) is 60.6 cm³/mol. The third-order valence-electron chi connectivity index (χ3n) is 1.74. The normalized spacial score (nSPS) is 14.2. The van der Waals surface area contributed by atoms with Gasteiger partial charge in [-0.25, -0.2) is 0 Å². The molecule has 0 aromatic rings. The molecule has 72 valence electrons. The van der Waals surface area contributed by atoms with Crippen molar-refractivity contribution < 1.29 is 0 Å². The van der Waals surface area contributed by atoms with Crippen molar-refractivity contribution in [3.05, 3.63) is 12.4 Å². The first kappa shape index (κ1) is 15.0. The maximum absolute atomic E-state index is 2.34. The van der Waals surface area contributed by atoms with Crippen LogP contribution in [-0.2, 0) is 0 Å². The zero-order chi connectivity index (χ0) is 7.40. The summed E-state index contributed by atoms with van der Waals surface area (Å²) in [5.74, 6) is 0. The van der Waals surface area contributed by atoms with Crippen LogP contribution in [0.4, 0.5) is 0 Å². The molecule has 1 heterocycles. The maximum atomic E-state index is 2.34. The molecule has 2 nitrogen and oxygen atoms in total. The van der Waals surface area contributed by atoms with Gasteiger partial charge in [-0.3, -0.25) is 0 Å². The zero-order valence-electron chi connectivity index (χ0n) is 7.29. The van der Waals surface area contributed by atoms with E-state index in [0.29, 0.717) is 0 Å². The summed E-state index contributed by atoms with van der Waals surface area (Å²) in [6.07, 6.45) is 6.87. The van der Waals surface area contributed by atoms with Crippen LogP contribution in [0.15, 0.2) is 12.4 Å². The molecule has 0 saturated carbocycles. The van der Waals surface area contributed by atoms with Gasteiger partial charge in [-0.1, -0.05) is 13.3 Å². The molecule has 0 fully saturated rings. The molecule has 0 aliphatic carbocycles. The van der Waals surface area contributed by atoms with Gasteiger partial charge >= 0.3 is 25.8 Å². The monoisotopic (exact) mass is 294 g/mol. The number of nitrogens with zero attached hydrogens (tertiary/aromatic N) is 2. The Morgan fingerprint density at radius 2 is 2.00 bits per heavy atom. The SMILES string of the molecule is CCCCN1C=CN(C)C1.Cl.[InH3]. The first-order valence-electron chi connectivity index (χ1n) is 3.95. The van der Waals surface area contributed by atoms with Crippen LogP contribution in [0, 0.1) is 0 Å². The average molecular weight is 295 g/mol. The predicted octanol–water partition coefficient (Wildman–Crippen LogP) is 0.700. The van der Waals surface area contributed by atoms with Crippen LogP contribution in [-0.4, -0.2) is 55.9 Å². The van der Waals surface area contributed by atoms with E-state index in [0.717, 1.165) is 6.67 Å². The second-order valence-corrected chi connectivity index (χ2v) is 2.86. The minimum atomic E-state index is 0. The Morgan fingerprint density at radius 3 is 2.42 bits per heavy atom. The molecule has 0 radical (unpaired) electrons. The zero-order valence-corrected chi connectivity index (χ0v) is 8.10. The van der Waals surface area contributed by atoms with Crippen LogP contribution in [0.5, 0.6) is 0 Å². The summed E-state index contributed by atoms with van der Waals surface area (Å²) in [7, 11) is 2.10. The molecule has 0 saturated heterocycles. The molecule has 0 unspecified atom stereocenters. The molecule has 0 aromatic carbocycles. The van der Waals surface area contributed by atoms with Crippen LogP contribution in [0.1, 0.15) is 19.8 Å². The van der Waals surface area contributed by atoms with E-state index >= 15 is 0 Å². The number of unbranched alkanes of at least 4 members (excludes halogenated alkanes) is 1. The average Bonchev–Trinajstić information content (AvgIpc) is 2.31. The Bertz CT molecular complexity index is 130. The van der Waals surface area contributed by atoms with Gasteiger partial charge < -0.3 is 9.80 Å². The molecule has 12 heavy (non-hydrogen) atoms. The molecule has 1 aliphatic heterocycles. The van der Waals surface area contributed by atoms with Crippen LogP contribution < -0.4 is 0 Å². The van der Waals surface area contributed by atoms with Gasteiger partial charge in [0.15, 0.2) is 0 Å². The van der Waals surface area contributed by atoms with Crippen LogP contribution in [0.3, 0.4) is 0 Å². The van der Waals surface area contributed by atoms with Crippen LogP contribution in [0.2, 0.25) is 0 Å². The van der Waals surface area contributed by atoms with Crippen molar-refractivity contribution in [2.45, 2.75) is 19.8 Å². The Morgan fingerprint density at radius 1 is 1.33 bits per heavy atom. The number of hydrogen-bond donors (Lipinski definition) is 0. The van der Waals surface area contributed by atoms with E-state index in [1.54, 1.807) is 0 Å². The Hall–Kier alpha value is 0.500. The van der Waals surface area contributed by atoms with Gasteiger partial charge in [-0.15, -0.1) is 12.4 Å². The van der Waals surface area contributed by atoms with Gasteiger partial charge in [0.25, 0.3) is 0 Å². The topological polar surface area (TPSA) is 6.48 Å². The second kappa shape index (κ2) is 8.11. The van der Waals surface area contributed by atoms with Gasteiger partial charge in [0.1, 0.15) is 0 Å². The van der Waals surface area contributed by atoms with Crippen molar-refractivity contribution in [1.82, 2.24) is 9.80 Å². The molecule has 0 amide bonds. The summed E-state index contributed by atoms with van der Waals surface area (Å²) < 4.78 is 0. The van der Waals surface area contributed by atoms with E-state index < -0.39 is 0 Å². The van der Waals surface area contributed by atoms with Crippen molar-refractivity contribution in [2.24, 2.45) is 0 Å². The van der Waals surface area contributed by atoms with E-state index in [2.05, 4.69) is 36.2 Å². The molecule has 0 N–H and O–H groups in total. The van der Waals surface area contributed by atoms with E-state index in [-0.39, 0.29) is 38.3 Å². The summed E-state index contributed by atoms with van der Waals surface area (Å²) in [5.41, 5.74) is 0. The number of hydrogen-bond acceptors (Lipinski definition) is 2. The molecule has 0 aromatic heterocycles. The summed E-state index contributed by atoms with van der Waals surface area (Å²) in [6.45, 7) is 4.50. The van der Waals surface area contributed by atoms with E-state index in [1.807, 2.05) is 0 Å². The third kappa shape index (κ3) is 5.20. The molecule has 1 rings (SSSR count). The summed E-state index contributed by atoms with van der Waals surface area (Å²) in [6, 6.07) is 0. The van der Waals surface area contributed by atoms with Gasteiger partial charge in [0.05, 0.1) is 6.67 Å². The molecule has 0 spiro atoms. The fourth-order valence-electron chi connectivity index (χ4n) is 1.10. The minimum absolute atomic E-state index is 0. The third-order valence-corrected chi connectivity index (χ3v) is 1.74. The first-order chi connectivity index (χ1) is 4.83. The molecular formula is C8H20ClInN2. The first-order valence-corrected chi connectivity index (χ1v) is 3.95. The summed E-state index contributed by atoms with van der Waals surface area (Å²) in [4.78, 5) is 4.53. The van der Waals surface area contributed by atoms with Crippen molar-refractivity contribution in [3.8, 4) is 0 Å². The summed E-state index contributed by atoms with van der Waals surface area (Å²) >= 11 is 0. The quantitative estimate of drug-likeness (QED) is 0.756. The molecular weight excluding hydrogens is 274 g/mol. The Labute approximate surface area is 100 Å². The Kier molecular flexibility index (Phi) is 10.1. The van der Waals surface area contributed by atoms with E-state index in [4.69, 9.17) is 0 Å². The van der Waals surface area contributed by atoms with Crippen molar-refractivity contribution in [2.75, 3.05) is 20.3 Å². The van der Waals surface area contributed by atoms with Gasteiger partial charge in [0, 0.05) is 26.0 Å². The molecule has 0 atom stereocenters. The van der Waals surface area contributed by atoms with Gasteiger partial charge in [0.2, 0.25) is 0 Å². The van der Waals surface area contributed by atoms with E-state index in [9.17, 15) is 0 Å². The van der Waals surface area contributed by atoms with Gasteiger partial charge in [-0.05, 0) is 6.42 Å². The van der Waals surface area contributed by atoms with E-state index in [1.165, 1.54) is 19.4 Å². The van der Waals surface area contributed by atoms with Crippen molar-refractivity contribution >= 4 is 38.3 Å². The molecule has 4 heteroatoms. The van der Waals surface area contributed by atoms with Crippen molar-refractivity contribution in [3.63, 3.8) is 0 Å². The Balaban J connectivity index is 0. The number of rotatable bonds is 3. The molecule has 1 aliphatic rings. The van der Waals surface area contributed by atoms with Gasteiger partial charge in [-0.2, -0.15) is 0 Å². The number of halogens is 1. The second-order valence-electron chi connectivity index (χ2n) is 2.86. The molecule has 0 bridgehead atoms.